The molecule has 2 unspecified atom stereocenters. The number of hydrogen-bond acceptors (Lipinski definition) is 3. The maximum atomic E-state index is 8.89. The minimum absolute atomic E-state index is 0.139. The smallest absolute Gasteiger partial charge is 0.130 e. The van der Waals surface area contributed by atoms with Crippen LogP contribution in [0, 0.1) is 0 Å². The van der Waals surface area contributed by atoms with E-state index in [1.165, 1.54) is 0 Å². The molecular formula is C5H13NO2. The number of likely N-dealkylation sites (N-methyl/N-ethyl adjacent to an activating group) is 1. The van der Waals surface area contributed by atoms with E-state index < -0.39 is 6.23 Å². The molecule has 0 aromatic heterocycles. The van der Waals surface area contributed by atoms with Crippen molar-refractivity contribution in [3.8, 4) is 0 Å². The van der Waals surface area contributed by atoms with Gasteiger partial charge in [-0.1, -0.05) is 0 Å². The van der Waals surface area contributed by atoms with E-state index in [2.05, 4.69) is 5.32 Å². The highest BCUT2D eigenvalue weighted by atomic mass is 16.5. The maximum Gasteiger partial charge on any atom is 0.130 e. The van der Waals surface area contributed by atoms with E-state index in [4.69, 9.17) is 9.84 Å². The lowest BCUT2D eigenvalue weighted by Crippen LogP contribution is -2.36. The summed E-state index contributed by atoms with van der Waals surface area (Å²) < 4.78 is 4.79. The summed E-state index contributed by atoms with van der Waals surface area (Å²) in [5, 5.41) is 11.5. The molecule has 0 aliphatic rings. The molecule has 0 aromatic carbocycles. The lowest BCUT2D eigenvalue weighted by atomic mass is 10.3. The zero-order valence-corrected chi connectivity index (χ0v) is 5.51. The molecule has 0 bridgehead atoms. The second-order valence-corrected chi connectivity index (χ2v) is 1.67. The highest BCUT2D eigenvalue weighted by Crippen LogP contribution is 1.90. The Balaban J connectivity index is 3.29. The van der Waals surface area contributed by atoms with E-state index in [1.54, 1.807) is 21.1 Å². The van der Waals surface area contributed by atoms with Crippen molar-refractivity contribution in [3.05, 3.63) is 0 Å². The maximum absolute atomic E-state index is 8.89. The Kier molecular flexibility index (Phi) is 3.77. The van der Waals surface area contributed by atoms with Gasteiger partial charge < -0.3 is 9.84 Å². The molecule has 0 amide bonds. The van der Waals surface area contributed by atoms with Gasteiger partial charge in [0.05, 0.1) is 6.10 Å². The summed E-state index contributed by atoms with van der Waals surface area (Å²) in [7, 11) is 3.24. The van der Waals surface area contributed by atoms with Gasteiger partial charge in [0.15, 0.2) is 0 Å². The largest absolute Gasteiger partial charge is 0.378 e. The molecule has 0 rings (SSSR count). The monoisotopic (exact) mass is 119 g/mol. The molecule has 0 saturated carbocycles. The molecule has 3 heteroatoms. The Bertz CT molecular complexity index is 50.4. The molecule has 50 valence electrons. The van der Waals surface area contributed by atoms with Crippen molar-refractivity contribution in [1.82, 2.24) is 5.32 Å². The fourth-order valence-electron chi connectivity index (χ4n) is 0.364. The number of hydrogen-bond donors (Lipinski definition) is 2. The van der Waals surface area contributed by atoms with Gasteiger partial charge in [0.1, 0.15) is 6.23 Å². The predicted octanol–water partition coefficient (Wildman–Crippen LogP) is -0.441. The summed E-state index contributed by atoms with van der Waals surface area (Å²) >= 11 is 0. The summed E-state index contributed by atoms with van der Waals surface area (Å²) in [6.45, 7) is 1.79. The highest BCUT2D eigenvalue weighted by Gasteiger charge is 2.08. The fraction of sp³-hybridized carbons (Fsp3) is 1.00. The van der Waals surface area contributed by atoms with Gasteiger partial charge >= 0.3 is 0 Å². The van der Waals surface area contributed by atoms with Crippen molar-refractivity contribution < 1.29 is 9.84 Å². The van der Waals surface area contributed by atoms with Crippen LogP contribution in [0.1, 0.15) is 6.92 Å². The normalized spacial score (nSPS) is 18.0. The summed E-state index contributed by atoms with van der Waals surface area (Å²) in [5.74, 6) is 0. The number of aliphatic hydroxyl groups is 1. The van der Waals surface area contributed by atoms with Crippen molar-refractivity contribution >= 4 is 0 Å². The lowest BCUT2D eigenvalue weighted by Gasteiger charge is -2.15. The SMILES string of the molecule is CNC(O)C(C)OC. The molecule has 8 heavy (non-hydrogen) atoms. The lowest BCUT2D eigenvalue weighted by molar-refractivity contribution is -0.0140. The van der Waals surface area contributed by atoms with Crippen LogP contribution >= 0.6 is 0 Å². The van der Waals surface area contributed by atoms with Crippen molar-refractivity contribution in [2.75, 3.05) is 14.2 Å². The average molecular weight is 119 g/mol. The van der Waals surface area contributed by atoms with Gasteiger partial charge in [0.25, 0.3) is 0 Å². The first-order valence-corrected chi connectivity index (χ1v) is 2.60. The zero-order valence-electron chi connectivity index (χ0n) is 5.51. The average Bonchev–Trinajstić information content (AvgIpc) is 1.84. The molecule has 0 spiro atoms. The summed E-state index contributed by atoms with van der Waals surface area (Å²) in [6, 6.07) is 0. The molecule has 0 aliphatic heterocycles. The molecular weight excluding hydrogens is 106 g/mol. The van der Waals surface area contributed by atoms with Crippen LogP contribution in [-0.4, -0.2) is 31.6 Å². The van der Waals surface area contributed by atoms with Gasteiger partial charge in [-0.05, 0) is 14.0 Å². The Morgan fingerprint density at radius 2 is 2.12 bits per heavy atom. The van der Waals surface area contributed by atoms with Crippen molar-refractivity contribution in [1.29, 1.82) is 0 Å². The summed E-state index contributed by atoms with van der Waals surface area (Å²) in [4.78, 5) is 0. The fourth-order valence-corrected chi connectivity index (χ4v) is 0.364. The molecule has 0 saturated heterocycles. The van der Waals surface area contributed by atoms with Crippen LogP contribution in [0.25, 0.3) is 0 Å². The minimum atomic E-state index is -0.556. The topological polar surface area (TPSA) is 41.5 Å². The molecule has 3 nitrogen and oxygen atoms in total. The molecule has 0 radical (unpaired) electrons. The molecule has 0 heterocycles. The second kappa shape index (κ2) is 3.83. The van der Waals surface area contributed by atoms with Crippen LogP contribution in [-0.2, 0) is 4.74 Å². The molecule has 2 atom stereocenters. The first-order chi connectivity index (χ1) is 3.72. The van der Waals surface area contributed by atoms with E-state index in [0.717, 1.165) is 0 Å². The standard InChI is InChI=1S/C5H13NO2/c1-4(8-3)5(7)6-2/h4-7H,1-3H3. The summed E-state index contributed by atoms with van der Waals surface area (Å²) in [5.41, 5.74) is 0. The Labute approximate surface area is 49.7 Å². The van der Waals surface area contributed by atoms with Gasteiger partial charge in [0.2, 0.25) is 0 Å². The number of nitrogens with one attached hydrogen (secondary N) is 1. The first kappa shape index (κ1) is 7.88. The molecule has 0 aromatic rings. The second-order valence-electron chi connectivity index (χ2n) is 1.67. The van der Waals surface area contributed by atoms with E-state index in [-0.39, 0.29) is 6.10 Å². The highest BCUT2D eigenvalue weighted by molar-refractivity contribution is 4.56. The van der Waals surface area contributed by atoms with Gasteiger partial charge in [-0.2, -0.15) is 0 Å². The van der Waals surface area contributed by atoms with Crippen LogP contribution in [0.3, 0.4) is 0 Å². The number of rotatable bonds is 3. The summed E-state index contributed by atoms with van der Waals surface area (Å²) in [6.07, 6.45) is -0.694. The van der Waals surface area contributed by atoms with Crippen LogP contribution in [0.4, 0.5) is 0 Å². The quantitative estimate of drug-likeness (QED) is 0.495. The molecule has 0 fully saturated rings. The Morgan fingerprint density at radius 3 is 2.25 bits per heavy atom. The van der Waals surface area contributed by atoms with E-state index in [9.17, 15) is 0 Å². The van der Waals surface area contributed by atoms with Gasteiger partial charge in [-0.25, -0.2) is 0 Å². The van der Waals surface area contributed by atoms with Gasteiger partial charge in [-0.15, -0.1) is 0 Å². The van der Waals surface area contributed by atoms with E-state index >= 15 is 0 Å². The van der Waals surface area contributed by atoms with Gasteiger partial charge in [-0.3, -0.25) is 5.32 Å². The molecule has 2 N–H and O–H groups in total. The molecule has 0 aliphatic carbocycles. The van der Waals surface area contributed by atoms with E-state index in [0.29, 0.717) is 0 Å². The third-order valence-electron chi connectivity index (χ3n) is 1.11. The third-order valence-corrected chi connectivity index (χ3v) is 1.11. The van der Waals surface area contributed by atoms with Crippen molar-refractivity contribution in [3.63, 3.8) is 0 Å². The third kappa shape index (κ3) is 2.26. The predicted molar refractivity (Wildman–Crippen MR) is 31.5 cm³/mol. The number of aliphatic hydroxyl groups excluding tert-OH is 1. The zero-order chi connectivity index (χ0) is 6.57. The number of methoxy groups -OCH3 is 1. The van der Waals surface area contributed by atoms with E-state index in [1.807, 2.05) is 0 Å². The Morgan fingerprint density at radius 1 is 1.62 bits per heavy atom. The van der Waals surface area contributed by atoms with Gasteiger partial charge in [0, 0.05) is 7.11 Å². The first-order valence-electron chi connectivity index (χ1n) is 2.60. The minimum Gasteiger partial charge on any atom is -0.378 e. The van der Waals surface area contributed by atoms with Crippen molar-refractivity contribution in [2.45, 2.75) is 19.3 Å². The van der Waals surface area contributed by atoms with Crippen LogP contribution < -0.4 is 5.32 Å². The van der Waals surface area contributed by atoms with Crippen LogP contribution in [0.5, 0.6) is 0 Å². The van der Waals surface area contributed by atoms with Crippen molar-refractivity contribution in [2.24, 2.45) is 0 Å². The number of ether oxygens (including phenoxy) is 1. The van der Waals surface area contributed by atoms with Crippen LogP contribution in [0.2, 0.25) is 0 Å². The van der Waals surface area contributed by atoms with Crippen LogP contribution in [0.15, 0.2) is 0 Å². The Hall–Kier alpha value is -0.120.